The maximum absolute atomic E-state index is 12.7. The first-order valence-corrected chi connectivity index (χ1v) is 9.05. The maximum Gasteiger partial charge on any atom is 0.268 e. The number of pyridine rings is 1. The van der Waals surface area contributed by atoms with Gasteiger partial charge in [0.15, 0.2) is 0 Å². The number of benzene rings is 2. The molecule has 0 saturated heterocycles. The van der Waals surface area contributed by atoms with Gasteiger partial charge in [-0.2, -0.15) is 0 Å². The molecule has 4 rings (SSSR count). The van der Waals surface area contributed by atoms with E-state index in [1.165, 1.54) is 5.56 Å². The molecule has 2 heterocycles. The smallest absolute Gasteiger partial charge is 0.268 e. The Morgan fingerprint density at radius 1 is 1.04 bits per heavy atom. The topological polar surface area (TPSA) is 66.9 Å². The summed E-state index contributed by atoms with van der Waals surface area (Å²) in [5, 5.41) is 4.39. The number of hydrogen-bond acceptors (Lipinski definition) is 2. The van der Waals surface area contributed by atoms with Crippen molar-refractivity contribution in [3.63, 3.8) is 0 Å². The predicted octanol–water partition coefficient (Wildman–Crippen LogP) is 3.51. The summed E-state index contributed by atoms with van der Waals surface area (Å²) in [6.07, 6.45) is 0.991. The van der Waals surface area contributed by atoms with Crippen molar-refractivity contribution in [2.45, 2.75) is 19.9 Å². The molecule has 136 valence electrons. The Bertz CT molecular complexity index is 1200. The second-order valence-corrected chi connectivity index (χ2v) is 6.70. The van der Waals surface area contributed by atoms with Gasteiger partial charge in [-0.15, -0.1) is 0 Å². The van der Waals surface area contributed by atoms with Crippen molar-refractivity contribution in [3.05, 3.63) is 81.8 Å². The molecule has 0 aliphatic carbocycles. The third-order valence-corrected chi connectivity index (χ3v) is 5.02. The summed E-state index contributed by atoms with van der Waals surface area (Å²) >= 11 is 0. The van der Waals surface area contributed by atoms with Crippen molar-refractivity contribution < 1.29 is 4.79 Å². The van der Waals surface area contributed by atoms with Crippen LogP contribution in [-0.4, -0.2) is 15.5 Å². The molecule has 27 heavy (non-hydrogen) atoms. The van der Waals surface area contributed by atoms with E-state index in [1.807, 2.05) is 43.4 Å². The molecule has 0 radical (unpaired) electrons. The van der Waals surface area contributed by atoms with Gasteiger partial charge in [0.1, 0.15) is 5.69 Å². The zero-order valence-corrected chi connectivity index (χ0v) is 15.4. The van der Waals surface area contributed by atoms with Crippen molar-refractivity contribution >= 4 is 27.7 Å². The van der Waals surface area contributed by atoms with Crippen LogP contribution in [0.3, 0.4) is 0 Å². The SMILES string of the molecule is CCc1ccc(CNC(=O)c2cc3c(=O)[nH]c4ccccc4c3n2C)cc1. The van der Waals surface area contributed by atoms with Crippen LogP contribution in [0.25, 0.3) is 21.8 Å². The zero-order valence-electron chi connectivity index (χ0n) is 15.4. The van der Waals surface area contributed by atoms with Crippen molar-refractivity contribution in [1.29, 1.82) is 0 Å². The minimum Gasteiger partial charge on any atom is -0.347 e. The van der Waals surface area contributed by atoms with E-state index in [2.05, 4.69) is 29.4 Å². The highest BCUT2D eigenvalue weighted by atomic mass is 16.2. The molecule has 0 fully saturated rings. The molecular formula is C22H21N3O2. The van der Waals surface area contributed by atoms with Crippen molar-refractivity contribution in [2.75, 3.05) is 0 Å². The fourth-order valence-electron chi connectivity index (χ4n) is 3.47. The first-order chi connectivity index (χ1) is 13.1. The summed E-state index contributed by atoms with van der Waals surface area (Å²) in [5.74, 6) is -0.197. The van der Waals surface area contributed by atoms with Crippen LogP contribution in [0, 0.1) is 0 Å². The number of H-pyrrole nitrogens is 1. The number of amides is 1. The number of aromatic nitrogens is 2. The normalized spacial score (nSPS) is 11.2. The number of nitrogens with zero attached hydrogens (tertiary/aromatic N) is 1. The van der Waals surface area contributed by atoms with Gasteiger partial charge >= 0.3 is 0 Å². The van der Waals surface area contributed by atoms with E-state index in [0.29, 0.717) is 17.6 Å². The lowest BCUT2D eigenvalue weighted by molar-refractivity contribution is 0.0943. The molecule has 2 aromatic carbocycles. The fraction of sp³-hybridized carbons (Fsp3) is 0.182. The minimum absolute atomic E-state index is 0.187. The van der Waals surface area contributed by atoms with Crippen LogP contribution < -0.4 is 10.9 Å². The summed E-state index contributed by atoms with van der Waals surface area (Å²) in [6.45, 7) is 2.56. The Morgan fingerprint density at radius 3 is 2.48 bits per heavy atom. The molecule has 0 bridgehead atoms. The highest BCUT2D eigenvalue weighted by Crippen LogP contribution is 2.23. The monoisotopic (exact) mass is 359 g/mol. The summed E-state index contributed by atoms with van der Waals surface area (Å²) in [5.41, 5.74) is 4.13. The molecule has 0 unspecified atom stereocenters. The van der Waals surface area contributed by atoms with Gasteiger partial charge in [-0.1, -0.05) is 49.4 Å². The molecular weight excluding hydrogens is 338 g/mol. The number of carbonyl (C=O) groups is 1. The molecule has 0 aliphatic rings. The average Bonchev–Trinajstić information content (AvgIpc) is 3.05. The molecule has 2 N–H and O–H groups in total. The van der Waals surface area contributed by atoms with E-state index in [9.17, 15) is 9.59 Å². The molecule has 0 saturated carbocycles. The first kappa shape index (κ1) is 17.1. The van der Waals surface area contributed by atoms with E-state index in [0.717, 1.165) is 28.4 Å². The number of aryl methyl sites for hydroxylation is 2. The lowest BCUT2D eigenvalue weighted by Gasteiger charge is -2.08. The Balaban J connectivity index is 1.67. The van der Waals surface area contributed by atoms with Gasteiger partial charge in [-0.05, 0) is 29.7 Å². The van der Waals surface area contributed by atoms with Crippen LogP contribution >= 0.6 is 0 Å². The molecule has 0 spiro atoms. The third kappa shape index (κ3) is 3.01. The van der Waals surface area contributed by atoms with Crippen molar-refractivity contribution in [2.24, 2.45) is 7.05 Å². The van der Waals surface area contributed by atoms with E-state index in [-0.39, 0.29) is 11.5 Å². The Morgan fingerprint density at radius 2 is 1.74 bits per heavy atom. The number of carbonyl (C=O) groups excluding carboxylic acids is 1. The molecule has 5 nitrogen and oxygen atoms in total. The maximum atomic E-state index is 12.7. The van der Waals surface area contributed by atoms with Crippen molar-refractivity contribution in [3.8, 4) is 0 Å². The van der Waals surface area contributed by atoms with E-state index >= 15 is 0 Å². The second kappa shape index (κ2) is 6.76. The number of para-hydroxylation sites is 1. The molecule has 0 atom stereocenters. The van der Waals surface area contributed by atoms with Gasteiger partial charge in [0.25, 0.3) is 11.5 Å². The standard InChI is InChI=1S/C22H21N3O2/c1-3-14-8-10-15(11-9-14)13-23-22(27)19-12-17-20(25(19)2)16-6-4-5-7-18(16)24-21(17)26/h4-12H,3,13H2,1-2H3,(H,23,27)(H,24,26). The van der Waals surface area contributed by atoms with E-state index in [4.69, 9.17) is 0 Å². The van der Waals surface area contributed by atoms with Gasteiger partial charge in [0, 0.05) is 19.0 Å². The van der Waals surface area contributed by atoms with Gasteiger partial charge in [-0.3, -0.25) is 9.59 Å². The zero-order chi connectivity index (χ0) is 19.0. The Labute approximate surface area is 156 Å². The summed E-state index contributed by atoms with van der Waals surface area (Å²) in [6, 6.07) is 17.5. The quantitative estimate of drug-likeness (QED) is 0.585. The summed E-state index contributed by atoms with van der Waals surface area (Å²) < 4.78 is 1.79. The molecule has 2 aromatic heterocycles. The fourth-order valence-corrected chi connectivity index (χ4v) is 3.47. The highest BCUT2D eigenvalue weighted by Gasteiger charge is 2.17. The lowest BCUT2D eigenvalue weighted by atomic mass is 10.1. The number of fused-ring (bicyclic) bond motifs is 3. The van der Waals surface area contributed by atoms with Crippen LogP contribution in [0.4, 0.5) is 0 Å². The summed E-state index contributed by atoms with van der Waals surface area (Å²) in [7, 11) is 1.82. The second-order valence-electron chi connectivity index (χ2n) is 6.70. The van der Waals surface area contributed by atoms with Crippen molar-refractivity contribution in [1.82, 2.24) is 14.9 Å². The first-order valence-electron chi connectivity index (χ1n) is 9.05. The molecule has 1 amide bonds. The number of aromatic amines is 1. The highest BCUT2D eigenvalue weighted by molar-refractivity contribution is 6.07. The lowest BCUT2D eigenvalue weighted by Crippen LogP contribution is -2.24. The number of nitrogens with one attached hydrogen (secondary N) is 2. The molecule has 0 aliphatic heterocycles. The Kier molecular flexibility index (Phi) is 4.28. The Hall–Kier alpha value is -3.34. The third-order valence-electron chi connectivity index (χ3n) is 5.02. The van der Waals surface area contributed by atoms with E-state index < -0.39 is 0 Å². The number of rotatable bonds is 4. The van der Waals surface area contributed by atoms with Crippen LogP contribution in [0.5, 0.6) is 0 Å². The molecule has 5 heteroatoms. The average molecular weight is 359 g/mol. The largest absolute Gasteiger partial charge is 0.347 e. The van der Waals surface area contributed by atoms with Gasteiger partial charge in [-0.25, -0.2) is 0 Å². The predicted molar refractivity (Wildman–Crippen MR) is 108 cm³/mol. The van der Waals surface area contributed by atoms with Crippen LogP contribution in [-0.2, 0) is 20.0 Å². The van der Waals surface area contributed by atoms with Crippen LogP contribution in [0.15, 0.2) is 59.4 Å². The van der Waals surface area contributed by atoms with Gasteiger partial charge in [0.05, 0.1) is 16.4 Å². The van der Waals surface area contributed by atoms with Crippen LogP contribution in [0.1, 0.15) is 28.5 Å². The molecule has 4 aromatic rings. The van der Waals surface area contributed by atoms with Gasteiger partial charge in [0.2, 0.25) is 0 Å². The van der Waals surface area contributed by atoms with E-state index in [1.54, 1.807) is 10.6 Å². The van der Waals surface area contributed by atoms with Crippen LogP contribution in [0.2, 0.25) is 0 Å². The number of hydrogen-bond donors (Lipinski definition) is 2. The summed E-state index contributed by atoms with van der Waals surface area (Å²) in [4.78, 5) is 28.0. The van der Waals surface area contributed by atoms with Gasteiger partial charge < -0.3 is 14.9 Å². The minimum atomic E-state index is -0.197.